The highest BCUT2D eigenvalue weighted by Gasteiger charge is 2.12. The van der Waals surface area contributed by atoms with Crippen molar-refractivity contribution in [1.29, 1.82) is 0 Å². The van der Waals surface area contributed by atoms with Crippen molar-refractivity contribution in [1.82, 2.24) is 14.1 Å². The number of rotatable bonds is 6. The van der Waals surface area contributed by atoms with E-state index in [4.69, 9.17) is 0 Å². The van der Waals surface area contributed by atoms with E-state index in [0.29, 0.717) is 6.42 Å². The van der Waals surface area contributed by atoms with Crippen LogP contribution in [0.3, 0.4) is 0 Å². The van der Waals surface area contributed by atoms with Crippen LogP contribution in [0.5, 0.6) is 0 Å². The van der Waals surface area contributed by atoms with E-state index in [1.54, 1.807) is 22.9 Å². The average Bonchev–Trinajstić information content (AvgIpc) is 3.19. The smallest absolute Gasteiger partial charge is 0.254 e. The van der Waals surface area contributed by atoms with Gasteiger partial charge < -0.3 is 9.13 Å². The molecule has 0 N–H and O–H groups in total. The van der Waals surface area contributed by atoms with Crippen molar-refractivity contribution < 1.29 is 4.39 Å². The second-order valence-electron chi connectivity index (χ2n) is 8.02. The van der Waals surface area contributed by atoms with Crippen molar-refractivity contribution in [3.63, 3.8) is 0 Å². The van der Waals surface area contributed by atoms with Crippen molar-refractivity contribution in [3.05, 3.63) is 117 Å². The Bertz CT molecular complexity index is 1250. The van der Waals surface area contributed by atoms with Gasteiger partial charge in [0.15, 0.2) is 0 Å². The van der Waals surface area contributed by atoms with Gasteiger partial charge in [0.1, 0.15) is 5.82 Å². The molecule has 0 aliphatic rings. The van der Waals surface area contributed by atoms with Crippen LogP contribution in [0.1, 0.15) is 40.9 Å². The lowest BCUT2D eigenvalue weighted by Gasteiger charge is -2.17. The van der Waals surface area contributed by atoms with E-state index in [1.165, 1.54) is 23.3 Å². The maximum Gasteiger partial charge on any atom is 0.254 e. The summed E-state index contributed by atoms with van der Waals surface area (Å²) in [6, 6.07) is 16.3. The van der Waals surface area contributed by atoms with Gasteiger partial charge in [-0.3, -0.25) is 4.79 Å². The standard InChI is InChI=1S/C26H26FN3O/c1-18-15-21(7-13-25(18)29-16-19(2)28-17-29)6-8-23-5-4-14-30(26(23)31)20(3)22-9-11-24(27)12-10-22/h4-5,7,9-17,20H,6,8H2,1-3H3/t20-/m0/s1. The van der Waals surface area contributed by atoms with E-state index in [2.05, 4.69) is 30.1 Å². The fraction of sp³-hybridized carbons (Fsp3) is 0.231. The molecule has 0 saturated carbocycles. The summed E-state index contributed by atoms with van der Waals surface area (Å²) in [7, 11) is 0. The maximum atomic E-state index is 13.2. The first-order chi connectivity index (χ1) is 14.9. The highest BCUT2D eigenvalue weighted by Crippen LogP contribution is 2.19. The largest absolute Gasteiger partial charge is 0.308 e. The van der Waals surface area contributed by atoms with Crippen LogP contribution in [0, 0.1) is 19.7 Å². The predicted molar refractivity (Wildman–Crippen MR) is 121 cm³/mol. The van der Waals surface area contributed by atoms with E-state index >= 15 is 0 Å². The molecule has 0 fully saturated rings. The molecule has 0 bridgehead atoms. The highest BCUT2D eigenvalue weighted by atomic mass is 19.1. The Morgan fingerprint density at radius 2 is 1.81 bits per heavy atom. The lowest BCUT2D eigenvalue weighted by atomic mass is 10.0. The molecular weight excluding hydrogens is 389 g/mol. The number of hydrogen-bond acceptors (Lipinski definition) is 2. The third kappa shape index (κ3) is 4.50. The van der Waals surface area contributed by atoms with Gasteiger partial charge in [-0.1, -0.05) is 30.3 Å². The fourth-order valence-corrected chi connectivity index (χ4v) is 3.95. The van der Waals surface area contributed by atoms with E-state index in [-0.39, 0.29) is 17.4 Å². The minimum atomic E-state index is -0.276. The number of benzene rings is 2. The molecule has 0 aliphatic heterocycles. The Hall–Kier alpha value is -3.47. The van der Waals surface area contributed by atoms with Gasteiger partial charge in [0.25, 0.3) is 5.56 Å². The molecule has 2 aromatic heterocycles. The summed E-state index contributed by atoms with van der Waals surface area (Å²) < 4.78 is 17.0. The van der Waals surface area contributed by atoms with Crippen molar-refractivity contribution >= 4 is 0 Å². The van der Waals surface area contributed by atoms with Crippen LogP contribution in [-0.4, -0.2) is 14.1 Å². The van der Waals surface area contributed by atoms with Gasteiger partial charge in [0.2, 0.25) is 0 Å². The van der Waals surface area contributed by atoms with E-state index < -0.39 is 0 Å². The topological polar surface area (TPSA) is 39.8 Å². The van der Waals surface area contributed by atoms with E-state index in [9.17, 15) is 9.18 Å². The van der Waals surface area contributed by atoms with E-state index in [1.807, 2.05) is 43.1 Å². The third-order valence-corrected chi connectivity index (χ3v) is 5.76. The Morgan fingerprint density at radius 1 is 1.03 bits per heavy atom. The molecule has 4 aromatic rings. The van der Waals surface area contributed by atoms with Crippen molar-refractivity contribution in [3.8, 4) is 5.69 Å². The molecule has 4 rings (SSSR count). The lowest BCUT2D eigenvalue weighted by Crippen LogP contribution is -2.26. The molecule has 5 heteroatoms. The van der Waals surface area contributed by atoms with Gasteiger partial charge >= 0.3 is 0 Å². The summed E-state index contributed by atoms with van der Waals surface area (Å²) >= 11 is 0. The van der Waals surface area contributed by atoms with Gasteiger partial charge in [-0.2, -0.15) is 0 Å². The molecule has 0 radical (unpaired) electrons. The molecule has 0 aliphatic carbocycles. The second-order valence-corrected chi connectivity index (χ2v) is 8.02. The normalized spacial score (nSPS) is 12.1. The van der Waals surface area contributed by atoms with Crippen molar-refractivity contribution in [2.75, 3.05) is 0 Å². The molecule has 4 nitrogen and oxygen atoms in total. The van der Waals surface area contributed by atoms with Crippen LogP contribution in [0.4, 0.5) is 4.39 Å². The monoisotopic (exact) mass is 415 g/mol. The zero-order valence-corrected chi connectivity index (χ0v) is 18.0. The minimum Gasteiger partial charge on any atom is -0.308 e. The maximum absolute atomic E-state index is 13.2. The predicted octanol–water partition coefficient (Wildman–Crippen LogP) is 5.18. The van der Waals surface area contributed by atoms with Crippen LogP contribution in [0.25, 0.3) is 5.69 Å². The number of nitrogens with zero attached hydrogens (tertiary/aromatic N) is 3. The average molecular weight is 416 g/mol. The summed E-state index contributed by atoms with van der Waals surface area (Å²) in [6.07, 6.45) is 7.09. The molecular formula is C26H26FN3O. The number of pyridine rings is 1. The minimum absolute atomic E-state index is 0.00144. The Balaban J connectivity index is 1.51. The van der Waals surface area contributed by atoms with Gasteiger partial charge in [-0.15, -0.1) is 0 Å². The molecule has 31 heavy (non-hydrogen) atoms. The summed E-state index contributed by atoms with van der Waals surface area (Å²) in [5.41, 5.74) is 6.15. The molecule has 1 atom stereocenters. The Kier molecular flexibility index (Phi) is 5.85. The number of aryl methyl sites for hydroxylation is 4. The molecule has 158 valence electrons. The molecule has 2 heterocycles. The number of aromatic nitrogens is 3. The van der Waals surface area contributed by atoms with Gasteiger partial charge in [-0.05, 0) is 74.6 Å². The first kappa shape index (κ1) is 20.8. The van der Waals surface area contributed by atoms with Crippen molar-refractivity contribution in [2.45, 2.75) is 39.7 Å². The first-order valence-corrected chi connectivity index (χ1v) is 10.5. The Labute approximate surface area is 181 Å². The summed E-state index contributed by atoms with van der Waals surface area (Å²) in [4.78, 5) is 17.4. The molecule has 0 unspecified atom stereocenters. The zero-order valence-electron chi connectivity index (χ0n) is 18.0. The second kappa shape index (κ2) is 8.72. The fourth-order valence-electron chi connectivity index (χ4n) is 3.95. The summed E-state index contributed by atoms with van der Waals surface area (Å²) in [6.45, 7) is 6.02. The van der Waals surface area contributed by atoms with Gasteiger partial charge in [0.05, 0.1) is 18.1 Å². The summed E-state index contributed by atoms with van der Waals surface area (Å²) in [5, 5.41) is 0. The first-order valence-electron chi connectivity index (χ1n) is 10.5. The summed E-state index contributed by atoms with van der Waals surface area (Å²) in [5.74, 6) is -0.276. The van der Waals surface area contributed by atoms with E-state index in [0.717, 1.165) is 28.9 Å². The van der Waals surface area contributed by atoms with Gasteiger partial charge in [0, 0.05) is 23.6 Å². The van der Waals surface area contributed by atoms with Crippen LogP contribution < -0.4 is 5.56 Å². The quantitative estimate of drug-likeness (QED) is 0.435. The zero-order chi connectivity index (χ0) is 22.0. The van der Waals surface area contributed by atoms with Crippen LogP contribution in [0.2, 0.25) is 0 Å². The number of halogens is 1. The Morgan fingerprint density at radius 3 is 2.48 bits per heavy atom. The van der Waals surface area contributed by atoms with Crippen molar-refractivity contribution in [2.24, 2.45) is 0 Å². The number of hydrogen-bond donors (Lipinski definition) is 0. The van der Waals surface area contributed by atoms with Crippen LogP contribution in [-0.2, 0) is 12.8 Å². The number of imidazole rings is 1. The molecule has 0 saturated heterocycles. The van der Waals surface area contributed by atoms with Crippen LogP contribution >= 0.6 is 0 Å². The van der Waals surface area contributed by atoms with Crippen LogP contribution in [0.15, 0.2) is 78.1 Å². The SMILES string of the molecule is Cc1cn(-c2ccc(CCc3cccn([C@@H](C)c4ccc(F)cc4)c3=O)cc2C)cn1. The molecule has 2 aromatic carbocycles. The third-order valence-electron chi connectivity index (χ3n) is 5.76. The lowest BCUT2D eigenvalue weighted by molar-refractivity contribution is 0.599. The molecule has 0 amide bonds. The molecule has 0 spiro atoms. The van der Waals surface area contributed by atoms with Gasteiger partial charge in [-0.25, -0.2) is 9.37 Å². The highest BCUT2D eigenvalue weighted by molar-refractivity contribution is 5.43.